The fourth-order valence-corrected chi connectivity index (χ4v) is 10.3. The molecule has 392 valence electrons. The van der Waals surface area contributed by atoms with Crippen LogP contribution in [0.4, 0.5) is 28.4 Å². The van der Waals surface area contributed by atoms with Gasteiger partial charge >= 0.3 is 0 Å². The lowest BCUT2D eigenvalue weighted by atomic mass is 10.1. The van der Waals surface area contributed by atoms with E-state index in [9.17, 15) is 22.6 Å². The van der Waals surface area contributed by atoms with E-state index in [1.807, 2.05) is 80.6 Å². The highest BCUT2D eigenvalue weighted by Crippen LogP contribution is 2.40. The van der Waals surface area contributed by atoms with Crippen LogP contribution in [0.25, 0.3) is 0 Å². The second kappa shape index (κ2) is 24.7. The summed E-state index contributed by atoms with van der Waals surface area (Å²) in [7, 11) is 3.41. The number of benzene rings is 5. The van der Waals surface area contributed by atoms with Gasteiger partial charge < -0.3 is 58.5 Å². The van der Waals surface area contributed by atoms with Crippen LogP contribution in [-0.4, -0.2) is 129 Å². The number of hydrogen-bond donors (Lipinski definition) is 4. The maximum atomic E-state index is 14.1. The topological polar surface area (TPSA) is 187 Å². The number of thiol groups is 1. The van der Waals surface area contributed by atoms with Gasteiger partial charge in [0.25, 0.3) is 16.0 Å². The lowest BCUT2D eigenvalue weighted by molar-refractivity contribution is 0.0264. The molecule has 0 fully saturated rings. The first kappa shape index (κ1) is 54.6. The zero-order valence-corrected chi connectivity index (χ0v) is 44.2. The Morgan fingerprint density at radius 1 is 0.822 bits per heavy atom. The SMILES string of the molecule is CNc1cc(OCc2cc(COc3cc(NC(C4Cc5ccccc5N4C)S(=O)(=O)O)c(C=O)cc3OC)cc(N(CCOCCOCCOC)CC(C)(C)S)c2)c(OC)cc1C(=O)N1CCc2ccccc21. The fourth-order valence-electron chi connectivity index (χ4n) is 9.20. The number of para-hydroxylation sites is 2. The third-order valence-corrected chi connectivity index (χ3v) is 14.0. The van der Waals surface area contributed by atoms with Gasteiger partial charge in [-0.3, -0.25) is 14.1 Å². The zero-order valence-electron chi connectivity index (χ0n) is 42.5. The van der Waals surface area contributed by atoms with Gasteiger partial charge in [-0.25, -0.2) is 0 Å². The summed E-state index contributed by atoms with van der Waals surface area (Å²) >= 11 is 4.92. The number of ether oxygens (including phenoxy) is 7. The van der Waals surface area contributed by atoms with Crippen LogP contribution < -0.4 is 44.3 Å². The Labute approximate surface area is 434 Å². The predicted molar refractivity (Wildman–Crippen MR) is 288 cm³/mol. The Morgan fingerprint density at radius 2 is 1.42 bits per heavy atom. The quantitative estimate of drug-likeness (QED) is 0.0173. The first-order valence-corrected chi connectivity index (χ1v) is 26.0. The monoisotopic (exact) mass is 1040 g/mol. The molecule has 2 unspecified atom stereocenters. The van der Waals surface area contributed by atoms with Gasteiger partial charge in [0.2, 0.25) is 0 Å². The second-order valence-corrected chi connectivity index (χ2v) is 21.2. The lowest BCUT2D eigenvalue weighted by Gasteiger charge is -2.32. The van der Waals surface area contributed by atoms with Gasteiger partial charge in [-0.2, -0.15) is 21.0 Å². The van der Waals surface area contributed by atoms with E-state index in [2.05, 4.69) is 15.5 Å². The van der Waals surface area contributed by atoms with Gasteiger partial charge in [-0.15, -0.1) is 0 Å². The van der Waals surface area contributed by atoms with Gasteiger partial charge in [0, 0.05) is 86.0 Å². The molecular weight excluding hydrogens is 975 g/mol. The number of nitrogens with one attached hydrogen (secondary N) is 2. The van der Waals surface area contributed by atoms with Crippen LogP contribution in [0.2, 0.25) is 0 Å². The highest BCUT2D eigenvalue weighted by atomic mass is 32.2. The number of fused-ring (bicyclic) bond motifs is 2. The molecule has 7 rings (SSSR count). The van der Waals surface area contributed by atoms with Crippen LogP contribution in [-0.2, 0) is 50.4 Å². The molecule has 0 bridgehead atoms. The minimum absolute atomic E-state index is 0.00342. The van der Waals surface area contributed by atoms with Gasteiger partial charge in [-0.05, 0) is 91.4 Å². The Balaban J connectivity index is 1.18. The molecule has 1 amide bonds. The molecule has 5 aromatic carbocycles. The Kier molecular flexibility index (Phi) is 18.4. The molecule has 2 aliphatic heterocycles. The number of methoxy groups -OCH3 is 3. The Hall–Kier alpha value is -6.22. The van der Waals surface area contributed by atoms with E-state index in [1.165, 1.54) is 26.4 Å². The number of nitrogens with zero attached hydrogens (tertiary/aromatic N) is 3. The van der Waals surface area contributed by atoms with Crippen molar-refractivity contribution in [3.63, 3.8) is 0 Å². The molecule has 2 aliphatic rings. The highest BCUT2D eigenvalue weighted by Gasteiger charge is 2.40. The van der Waals surface area contributed by atoms with Crippen molar-refractivity contribution in [3.8, 4) is 23.0 Å². The summed E-state index contributed by atoms with van der Waals surface area (Å²) in [4.78, 5) is 32.4. The third-order valence-electron chi connectivity index (χ3n) is 12.7. The van der Waals surface area contributed by atoms with E-state index in [0.717, 1.165) is 45.7 Å². The van der Waals surface area contributed by atoms with Crippen molar-refractivity contribution in [1.82, 2.24) is 0 Å². The maximum Gasteiger partial charge on any atom is 0.288 e. The summed E-state index contributed by atoms with van der Waals surface area (Å²) < 4.78 is 77.6. The molecule has 0 saturated heterocycles. The molecular formula is C54H67N5O12S2. The molecule has 19 heteroatoms. The standard InChI is InChI=1S/C54H67N5O12S2/c1-54(2,72)35-58(18-19-68-22-23-69-21-20-65-5)41-25-36(24-37(26-41)34-71-51-31-44(55-3)42(29-49(51)67-7)53(61)59-17-16-38-12-8-11-15-46(38)59)33-70-50-30-43(40(32-60)28-48(50)66-6)56-52(73(62,63)64)47-27-39-13-9-10-14-45(39)57(47)4/h8-15,24-26,28-32,47,52,55-56,72H,16-23,27,33-35H2,1-7H3,(H,62,63,64). The second-order valence-electron chi connectivity index (χ2n) is 18.5. The van der Waals surface area contributed by atoms with Crippen LogP contribution in [0.1, 0.15) is 56.8 Å². The number of amides is 1. The zero-order chi connectivity index (χ0) is 52.3. The first-order chi connectivity index (χ1) is 35.0. The average Bonchev–Trinajstić information content (AvgIpc) is 3.96. The van der Waals surface area contributed by atoms with Crippen LogP contribution in [0.15, 0.2) is 91.0 Å². The maximum absolute atomic E-state index is 14.1. The average molecular weight is 1040 g/mol. The molecule has 0 spiro atoms. The molecule has 17 nitrogen and oxygen atoms in total. The van der Waals surface area contributed by atoms with Crippen molar-refractivity contribution in [1.29, 1.82) is 0 Å². The number of likely N-dealkylation sites (N-methyl/N-ethyl adjacent to an activating group) is 1. The molecule has 0 saturated carbocycles. The van der Waals surface area contributed by atoms with Gasteiger partial charge in [-0.1, -0.05) is 36.4 Å². The van der Waals surface area contributed by atoms with E-state index in [4.69, 9.17) is 45.8 Å². The number of carbonyl (C=O) groups is 2. The van der Waals surface area contributed by atoms with Crippen molar-refractivity contribution in [2.24, 2.45) is 0 Å². The van der Waals surface area contributed by atoms with Crippen LogP contribution in [0, 0.1) is 0 Å². The number of carbonyl (C=O) groups excluding carboxylic acids is 2. The van der Waals surface area contributed by atoms with Crippen LogP contribution in [0.3, 0.4) is 0 Å². The molecule has 5 aromatic rings. The lowest BCUT2D eigenvalue weighted by Crippen LogP contribution is -2.48. The first-order valence-electron chi connectivity index (χ1n) is 24.1. The number of hydrogen-bond acceptors (Lipinski definition) is 16. The number of aldehydes is 1. The van der Waals surface area contributed by atoms with Crippen molar-refractivity contribution >= 4 is 63.4 Å². The molecule has 0 aliphatic carbocycles. The van der Waals surface area contributed by atoms with Crippen molar-refractivity contribution < 1.29 is 55.7 Å². The minimum Gasteiger partial charge on any atom is -0.493 e. The molecule has 0 radical (unpaired) electrons. The summed E-state index contributed by atoms with van der Waals surface area (Å²) in [6.45, 7) is 7.95. The summed E-state index contributed by atoms with van der Waals surface area (Å²) in [5.41, 5.74) is 7.36. The number of rotatable bonds is 27. The summed E-state index contributed by atoms with van der Waals surface area (Å²) in [6, 6.07) is 27.2. The normalized spacial score (nSPS) is 14.6. The molecule has 3 N–H and O–H groups in total. The van der Waals surface area contributed by atoms with Crippen LogP contribution in [0.5, 0.6) is 23.0 Å². The highest BCUT2D eigenvalue weighted by molar-refractivity contribution is 7.86. The third kappa shape index (κ3) is 13.7. The molecule has 2 heterocycles. The molecule has 73 heavy (non-hydrogen) atoms. The van der Waals surface area contributed by atoms with Crippen molar-refractivity contribution in [2.45, 2.75) is 56.1 Å². The van der Waals surface area contributed by atoms with E-state index in [-0.39, 0.29) is 41.9 Å². The van der Waals surface area contributed by atoms with Crippen molar-refractivity contribution in [2.75, 3.05) is 113 Å². The summed E-state index contributed by atoms with van der Waals surface area (Å²) in [5.74, 6) is 1.08. The smallest absolute Gasteiger partial charge is 0.288 e. The van der Waals surface area contributed by atoms with Gasteiger partial charge in [0.15, 0.2) is 34.7 Å². The molecule has 0 aromatic heterocycles. The van der Waals surface area contributed by atoms with Crippen molar-refractivity contribution in [3.05, 3.63) is 124 Å². The summed E-state index contributed by atoms with van der Waals surface area (Å²) in [5, 5.41) is 4.64. The molecule has 2 atom stereocenters. The van der Waals surface area contributed by atoms with E-state index < -0.39 is 26.3 Å². The largest absolute Gasteiger partial charge is 0.493 e. The predicted octanol–water partition coefficient (Wildman–Crippen LogP) is 7.80. The Morgan fingerprint density at radius 3 is 2.03 bits per heavy atom. The van der Waals surface area contributed by atoms with E-state index in [0.29, 0.717) is 88.1 Å². The minimum atomic E-state index is -4.72. The van der Waals surface area contributed by atoms with E-state index >= 15 is 0 Å². The Bertz CT molecular complexity index is 2830. The fraction of sp³-hybridized carbons (Fsp3) is 0.407. The van der Waals surface area contributed by atoms with Crippen LogP contribution >= 0.6 is 12.6 Å². The van der Waals surface area contributed by atoms with Gasteiger partial charge in [0.05, 0.1) is 64.5 Å². The van der Waals surface area contributed by atoms with Gasteiger partial charge in [0.1, 0.15) is 13.2 Å². The summed E-state index contributed by atoms with van der Waals surface area (Å²) in [6.07, 6.45) is 1.69. The number of anilines is 5. The van der Waals surface area contributed by atoms with E-state index in [1.54, 1.807) is 43.1 Å².